The van der Waals surface area contributed by atoms with Gasteiger partial charge in [0.1, 0.15) is 0 Å². The Morgan fingerprint density at radius 2 is 0.967 bits per heavy atom. The van der Waals surface area contributed by atoms with E-state index in [1.807, 2.05) is 30.4 Å². The van der Waals surface area contributed by atoms with Gasteiger partial charge in [0.05, 0.1) is 5.69 Å². The van der Waals surface area contributed by atoms with Crippen LogP contribution in [0.2, 0.25) is 0 Å². The Kier molecular flexibility index (Phi) is 12.6. The average Bonchev–Trinajstić information content (AvgIpc) is 3.29. The molecule has 0 bridgehead atoms. The smallest absolute Gasteiger partial charge is 0.268 e. The number of allylic oxidation sites excluding steroid dienone is 3. The molecule has 1 aliphatic carbocycles. The number of hydrazine groups is 1. The maximum Gasteiger partial charge on any atom is 0.268 e. The molecule has 60 heavy (non-hydrogen) atoms. The predicted octanol–water partition coefficient (Wildman–Crippen LogP) is 8.79. The summed E-state index contributed by atoms with van der Waals surface area (Å²) in [7, 11) is 0. The van der Waals surface area contributed by atoms with Gasteiger partial charge >= 0.3 is 0 Å². The SMILES string of the molecule is NN(C(=O)C1=CC=CCC1)c1cccc(NCc2cc(C(=O)Nc3cccc(NC(=O)c4ccccc4)c3)cc(C(=O)Nc3cccc(NC(=O)c4ccccc4)c3)c2)c1. The summed E-state index contributed by atoms with van der Waals surface area (Å²) in [6, 6.07) is 43.0. The zero-order valence-electron chi connectivity index (χ0n) is 32.4. The molecule has 5 amide bonds. The molecular weight excluding hydrogens is 755 g/mol. The number of amides is 5. The van der Waals surface area contributed by atoms with Gasteiger partial charge in [-0.2, -0.15) is 0 Å². The van der Waals surface area contributed by atoms with Gasteiger partial charge in [0.2, 0.25) is 0 Å². The van der Waals surface area contributed by atoms with Crippen molar-refractivity contribution in [1.82, 2.24) is 0 Å². The minimum atomic E-state index is -0.491. The molecule has 0 heterocycles. The third-order valence-electron chi connectivity index (χ3n) is 9.47. The molecule has 0 saturated carbocycles. The molecule has 0 fully saturated rings. The first kappa shape index (κ1) is 40.1. The molecule has 0 unspecified atom stereocenters. The normalized spacial score (nSPS) is 11.7. The van der Waals surface area contributed by atoms with E-state index in [1.54, 1.807) is 133 Å². The van der Waals surface area contributed by atoms with E-state index in [4.69, 9.17) is 5.84 Å². The molecule has 0 saturated heterocycles. The number of rotatable bonds is 13. The Morgan fingerprint density at radius 3 is 1.45 bits per heavy atom. The highest BCUT2D eigenvalue weighted by molar-refractivity contribution is 6.10. The molecular formula is C48H41N7O5. The summed E-state index contributed by atoms with van der Waals surface area (Å²) in [5.74, 6) is 4.39. The molecule has 298 valence electrons. The van der Waals surface area contributed by atoms with Crippen LogP contribution in [0.3, 0.4) is 0 Å². The highest BCUT2D eigenvalue weighted by Gasteiger charge is 2.19. The fourth-order valence-electron chi connectivity index (χ4n) is 6.42. The molecule has 0 aromatic heterocycles. The van der Waals surface area contributed by atoms with Crippen LogP contribution in [0.4, 0.5) is 34.1 Å². The summed E-state index contributed by atoms with van der Waals surface area (Å²) < 4.78 is 0. The van der Waals surface area contributed by atoms with Crippen LogP contribution in [0.15, 0.2) is 175 Å². The van der Waals surface area contributed by atoms with Gasteiger partial charge in [0.25, 0.3) is 29.5 Å². The Labute approximate surface area is 346 Å². The third-order valence-corrected chi connectivity index (χ3v) is 9.47. The summed E-state index contributed by atoms with van der Waals surface area (Å²) in [6.07, 6.45) is 6.98. The summed E-state index contributed by atoms with van der Waals surface area (Å²) >= 11 is 0. The Morgan fingerprint density at radius 1 is 0.500 bits per heavy atom. The number of hydrogen-bond acceptors (Lipinski definition) is 7. The zero-order valence-corrected chi connectivity index (χ0v) is 32.4. The Hall–Kier alpha value is -8.09. The van der Waals surface area contributed by atoms with Crippen LogP contribution < -0.4 is 37.4 Å². The monoisotopic (exact) mass is 795 g/mol. The predicted molar refractivity (Wildman–Crippen MR) is 236 cm³/mol. The van der Waals surface area contributed by atoms with Crippen molar-refractivity contribution >= 4 is 63.7 Å². The van der Waals surface area contributed by atoms with Gasteiger partial charge in [-0.1, -0.05) is 72.8 Å². The van der Waals surface area contributed by atoms with Crippen LogP contribution in [0.25, 0.3) is 0 Å². The summed E-state index contributed by atoms with van der Waals surface area (Å²) in [4.78, 5) is 66.4. The van der Waals surface area contributed by atoms with E-state index in [-0.39, 0.29) is 35.4 Å². The number of nitrogens with zero attached hydrogens (tertiary/aromatic N) is 1. The number of nitrogens with one attached hydrogen (secondary N) is 5. The van der Waals surface area contributed by atoms with Crippen molar-refractivity contribution in [3.8, 4) is 0 Å². The molecule has 12 heteroatoms. The lowest BCUT2D eigenvalue weighted by molar-refractivity contribution is -0.115. The van der Waals surface area contributed by atoms with Gasteiger partial charge in [-0.15, -0.1) is 0 Å². The van der Waals surface area contributed by atoms with Gasteiger partial charge in [0.15, 0.2) is 0 Å². The molecule has 0 spiro atoms. The van der Waals surface area contributed by atoms with E-state index < -0.39 is 11.8 Å². The van der Waals surface area contributed by atoms with Crippen LogP contribution in [0.5, 0.6) is 0 Å². The second-order valence-corrected chi connectivity index (χ2v) is 13.9. The van der Waals surface area contributed by atoms with Gasteiger partial charge < -0.3 is 26.6 Å². The molecule has 7 N–H and O–H groups in total. The highest BCUT2D eigenvalue weighted by atomic mass is 16.2. The molecule has 6 aromatic rings. The fraction of sp³-hybridized carbons (Fsp3) is 0.0625. The lowest BCUT2D eigenvalue weighted by atomic mass is 10.0. The lowest BCUT2D eigenvalue weighted by Gasteiger charge is -2.20. The van der Waals surface area contributed by atoms with Crippen LogP contribution in [-0.4, -0.2) is 29.5 Å². The maximum atomic E-state index is 13.9. The molecule has 0 atom stereocenters. The van der Waals surface area contributed by atoms with Gasteiger partial charge in [0, 0.05) is 62.8 Å². The number of anilines is 6. The molecule has 6 aromatic carbocycles. The average molecular weight is 796 g/mol. The number of hydrogen-bond donors (Lipinski definition) is 6. The second kappa shape index (κ2) is 18.9. The van der Waals surface area contributed by atoms with Crippen molar-refractivity contribution < 1.29 is 24.0 Å². The largest absolute Gasteiger partial charge is 0.381 e. The van der Waals surface area contributed by atoms with Crippen LogP contribution >= 0.6 is 0 Å². The minimum absolute atomic E-state index is 0.196. The van der Waals surface area contributed by atoms with E-state index in [0.717, 1.165) is 11.4 Å². The number of carbonyl (C=O) groups is 5. The van der Waals surface area contributed by atoms with Crippen LogP contribution in [0, 0.1) is 0 Å². The fourth-order valence-corrected chi connectivity index (χ4v) is 6.42. The molecule has 0 radical (unpaired) electrons. The highest BCUT2D eigenvalue weighted by Crippen LogP contribution is 2.24. The van der Waals surface area contributed by atoms with Crippen molar-refractivity contribution in [3.63, 3.8) is 0 Å². The number of carbonyl (C=O) groups excluding carboxylic acids is 5. The second-order valence-electron chi connectivity index (χ2n) is 13.9. The molecule has 12 nitrogen and oxygen atoms in total. The van der Waals surface area contributed by atoms with Crippen molar-refractivity contribution in [1.29, 1.82) is 0 Å². The van der Waals surface area contributed by atoms with Crippen molar-refractivity contribution in [2.24, 2.45) is 5.84 Å². The van der Waals surface area contributed by atoms with Gasteiger partial charge in [-0.05, 0) is 115 Å². The molecule has 7 rings (SSSR count). The van der Waals surface area contributed by atoms with E-state index in [9.17, 15) is 24.0 Å². The standard InChI is InChI=1S/C48H41N7O5/c49-55(48(60)35-17-8-3-9-18-35)43-24-12-19-38(30-43)50-31-32-25-36(46(58)53-41-22-10-20-39(28-41)51-44(56)33-13-4-1-5-14-33)27-37(26-32)47(59)54-42-23-11-21-40(29-42)52-45(57)34-15-6-2-7-16-34/h1-8,10-17,19-30,50H,9,18,31,49H2,(H,51,56)(H,52,57)(H,53,58)(H,54,59). The summed E-state index contributed by atoms with van der Waals surface area (Å²) in [5, 5.41) is 15.9. The van der Waals surface area contributed by atoms with Crippen molar-refractivity contribution in [2.45, 2.75) is 19.4 Å². The quantitative estimate of drug-likeness (QED) is 0.0385. The van der Waals surface area contributed by atoms with E-state index in [0.29, 0.717) is 62.8 Å². The van der Waals surface area contributed by atoms with Crippen molar-refractivity contribution in [3.05, 3.63) is 203 Å². The Balaban J connectivity index is 1.11. The maximum absolute atomic E-state index is 13.9. The zero-order chi connectivity index (χ0) is 41.8. The van der Waals surface area contributed by atoms with Crippen LogP contribution in [-0.2, 0) is 11.3 Å². The first-order chi connectivity index (χ1) is 29.2. The Bertz CT molecular complexity index is 2500. The lowest BCUT2D eigenvalue weighted by Crippen LogP contribution is -2.38. The summed E-state index contributed by atoms with van der Waals surface area (Å²) in [6.45, 7) is 0.196. The van der Waals surface area contributed by atoms with Gasteiger partial charge in [-0.3, -0.25) is 24.0 Å². The first-order valence-corrected chi connectivity index (χ1v) is 19.2. The van der Waals surface area contributed by atoms with Crippen LogP contribution in [0.1, 0.15) is 59.8 Å². The number of benzene rings is 6. The summed E-state index contributed by atoms with van der Waals surface area (Å²) in [5.41, 5.74) is 5.54. The first-order valence-electron chi connectivity index (χ1n) is 19.2. The minimum Gasteiger partial charge on any atom is -0.381 e. The van der Waals surface area contributed by atoms with E-state index in [2.05, 4.69) is 26.6 Å². The van der Waals surface area contributed by atoms with Crippen molar-refractivity contribution in [2.75, 3.05) is 31.6 Å². The third kappa shape index (κ3) is 10.4. The van der Waals surface area contributed by atoms with E-state index in [1.165, 1.54) is 6.07 Å². The van der Waals surface area contributed by atoms with Gasteiger partial charge in [-0.25, -0.2) is 10.9 Å². The van der Waals surface area contributed by atoms with E-state index >= 15 is 0 Å². The molecule has 1 aliphatic rings. The topological polar surface area (TPSA) is 175 Å². The number of nitrogens with two attached hydrogens (primary N) is 1. The molecule has 0 aliphatic heterocycles.